The molecule has 2 aliphatic heterocycles. The molecule has 2 N–H and O–H groups in total. The van der Waals surface area contributed by atoms with E-state index in [0.717, 1.165) is 24.2 Å². The molecule has 2 aliphatic rings. The maximum Gasteiger partial charge on any atom is 0.231 e. The molecule has 10 heteroatoms. The summed E-state index contributed by atoms with van der Waals surface area (Å²) in [5.41, 5.74) is 1.42. The number of benzene rings is 2. The van der Waals surface area contributed by atoms with Crippen molar-refractivity contribution in [2.45, 2.75) is 6.10 Å². The SMILES string of the molecule is COc1cc2c(Nc3cccc4c3OCO4)ncnc2cc1OCC(O)CN1CCOCC1. The van der Waals surface area contributed by atoms with Crippen LogP contribution in [0.25, 0.3) is 10.9 Å². The van der Waals surface area contributed by atoms with Gasteiger partial charge in [0, 0.05) is 31.1 Å². The third-order valence-electron chi connectivity index (χ3n) is 5.57. The molecular formula is C23H26N4O6. The molecule has 1 saturated heterocycles. The molecule has 5 rings (SSSR count). The average molecular weight is 454 g/mol. The van der Waals surface area contributed by atoms with Gasteiger partial charge in [0.2, 0.25) is 6.79 Å². The van der Waals surface area contributed by atoms with Gasteiger partial charge in [-0.2, -0.15) is 0 Å². The van der Waals surface area contributed by atoms with Gasteiger partial charge in [-0.3, -0.25) is 4.90 Å². The number of anilines is 2. The van der Waals surface area contributed by atoms with Gasteiger partial charge >= 0.3 is 0 Å². The third-order valence-corrected chi connectivity index (χ3v) is 5.57. The number of ether oxygens (including phenoxy) is 5. The maximum atomic E-state index is 10.4. The Labute approximate surface area is 191 Å². The first-order valence-corrected chi connectivity index (χ1v) is 10.8. The number of rotatable bonds is 8. The topological polar surface area (TPSA) is 107 Å². The van der Waals surface area contributed by atoms with Crippen LogP contribution in [0.5, 0.6) is 23.0 Å². The highest BCUT2D eigenvalue weighted by Gasteiger charge is 2.20. The van der Waals surface area contributed by atoms with E-state index in [9.17, 15) is 5.11 Å². The summed E-state index contributed by atoms with van der Waals surface area (Å²) in [7, 11) is 1.57. The number of para-hydroxylation sites is 1. The number of aliphatic hydroxyl groups excluding tert-OH is 1. The number of methoxy groups -OCH3 is 1. The molecule has 3 aromatic rings. The number of morpholine rings is 1. The van der Waals surface area contributed by atoms with E-state index in [1.807, 2.05) is 24.3 Å². The zero-order valence-electron chi connectivity index (χ0n) is 18.3. The Morgan fingerprint density at radius 2 is 2.03 bits per heavy atom. The van der Waals surface area contributed by atoms with Gasteiger partial charge in [-0.05, 0) is 18.2 Å². The number of aromatic nitrogens is 2. The highest BCUT2D eigenvalue weighted by Crippen LogP contribution is 2.41. The first kappa shape index (κ1) is 21.5. The van der Waals surface area contributed by atoms with Gasteiger partial charge in [0.1, 0.15) is 24.9 Å². The molecular weight excluding hydrogens is 428 g/mol. The summed E-state index contributed by atoms with van der Waals surface area (Å²) in [6, 6.07) is 9.24. The zero-order chi connectivity index (χ0) is 22.6. The second kappa shape index (κ2) is 9.65. The van der Waals surface area contributed by atoms with Gasteiger partial charge in [-0.15, -0.1) is 0 Å². The Morgan fingerprint density at radius 3 is 2.88 bits per heavy atom. The predicted molar refractivity (Wildman–Crippen MR) is 121 cm³/mol. The quantitative estimate of drug-likeness (QED) is 0.526. The number of nitrogens with one attached hydrogen (secondary N) is 1. The summed E-state index contributed by atoms with van der Waals surface area (Å²) in [5, 5.41) is 14.5. The molecule has 0 amide bonds. The number of hydrogen-bond donors (Lipinski definition) is 2. The van der Waals surface area contributed by atoms with E-state index in [2.05, 4.69) is 20.2 Å². The minimum atomic E-state index is -0.631. The van der Waals surface area contributed by atoms with Crippen LogP contribution in [0.4, 0.5) is 11.5 Å². The molecule has 174 valence electrons. The van der Waals surface area contributed by atoms with E-state index in [1.165, 1.54) is 6.33 Å². The lowest BCUT2D eigenvalue weighted by Crippen LogP contribution is -2.42. The summed E-state index contributed by atoms with van der Waals surface area (Å²) >= 11 is 0. The molecule has 33 heavy (non-hydrogen) atoms. The lowest BCUT2D eigenvalue weighted by Gasteiger charge is -2.28. The number of fused-ring (bicyclic) bond motifs is 2. The van der Waals surface area contributed by atoms with Crippen molar-refractivity contribution >= 4 is 22.4 Å². The van der Waals surface area contributed by atoms with Crippen molar-refractivity contribution < 1.29 is 28.8 Å². The Bertz CT molecular complexity index is 1120. The summed E-state index contributed by atoms with van der Waals surface area (Å²) in [6.07, 6.45) is 0.850. The van der Waals surface area contributed by atoms with Gasteiger partial charge < -0.3 is 34.1 Å². The fraction of sp³-hybridized carbons (Fsp3) is 0.391. The molecule has 1 fully saturated rings. The van der Waals surface area contributed by atoms with Gasteiger partial charge in [-0.1, -0.05) is 6.07 Å². The molecule has 10 nitrogen and oxygen atoms in total. The lowest BCUT2D eigenvalue weighted by molar-refractivity contribution is 0.00446. The van der Waals surface area contributed by atoms with Gasteiger partial charge in [-0.25, -0.2) is 9.97 Å². The van der Waals surface area contributed by atoms with Crippen LogP contribution in [-0.4, -0.2) is 79.4 Å². The number of hydrogen-bond acceptors (Lipinski definition) is 10. The molecule has 0 spiro atoms. The average Bonchev–Trinajstić information content (AvgIpc) is 3.33. The minimum absolute atomic E-state index is 0.142. The van der Waals surface area contributed by atoms with Crippen LogP contribution >= 0.6 is 0 Å². The van der Waals surface area contributed by atoms with E-state index in [1.54, 1.807) is 13.2 Å². The standard InChI is InChI=1S/C23H26N4O6/c1-29-20-9-16-18(10-21(20)31-12-15(28)11-27-5-7-30-8-6-27)24-13-25-23(16)26-17-3-2-4-19-22(17)33-14-32-19/h2-4,9-10,13,15,28H,5-8,11-12,14H2,1H3,(H,24,25,26). The van der Waals surface area contributed by atoms with Crippen LogP contribution in [0.1, 0.15) is 0 Å². The number of nitrogens with zero attached hydrogens (tertiary/aromatic N) is 3. The summed E-state index contributed by atoms with van der Waals surface area (Å²) < 4.78 is 27.8. The van der Waals surface area contributed by atoms with Crippen molar-refractivity contribution in [2.24, 2.45) is 0 Å². The minimum Gasteiger partial charge on any atom is -0.493 e. The van der Waals surface area contributed by atoms with Crippen LogP contribution < -0.4 is 24.3 Å². The van der Waals surface area contributed by atoms with Crippen molar-refractivity contribution in [3.05, 3.63) is 36.7 Å². The highest BCUT2D eigenvalue weighted by atomic mass is 16.7. The van der Waals surface area contributed by atoms with E-state index in [0.29, 0.717) is 54.1 Å². The molecule has 1 aromatic heterocycles. The Hall–Kier alpha value is -3.34. The molecule has 0 radical (unpaired) electrons. The van der Waals surface area contributed by atoms with Gasteiger partial charge in [0.25, 0.3) is 0 Å². The number of β-amino-alcohol motifs (C(OH)–C–C–N with tert-alkyl or cyclic N) is 1. The summed E-state index contributed by atoms with van der Waals surface area (Å²) in [4.78, 5) is 10.9. The highest BCUT2D eigenvalue weighted by molar-refractivity contribution is 5.93. The largest absolute Gasteiger partial charge is 0.493 e. The molecule has 0 bridgehead atoms. The third kappa shape index (κ3) is 4.72. The van der Waals surface area contributed by atoms with Crippen molar-refractivity contribution in [1.29, 1.82) is 0 Å². The van der Waals surface area contributed by atoms with E-state index in [-0.39, 0.29) is 13.4 Å². The van der Waals surface area contributed by atoms with Crippen molar-refractivity contribution in [3.8, 4) is 23.0 Å². The van der Waals surface area contributed by atoms with E-state index in [4.69, 9.17) is 23.7 Å². The van der Waals surface area contributed by atoms with Crippen LogP contribution in [0.3, 0.4) is 0 Å². The first-order valence-electron chi connectivity index (χ1n) is 10.8. The zero-order valence-corrected chi connectivity index (χ0v) is 18.3. The Morgan fingerprint density at radius 1 is 1.15 bits per heavy atom. The second-order valence-corrected chi connectivity index (χ2v) is 7.78. The Balaban J connectivity index is 1.34. The van der Waals surface area contributed by atoms with Crippen LogP contribution in [0.15, 0.2) is 36.7 Å². The molecule has 1 atom stereocenters. The Kier molecular flexibility index (Phi) is 6.29. The second-order valence-electron chi connectivity index (χ2n) is 7.78. The van der Waals surface area contributed by atoms with Crippen LogP contribution in [0.2, 0.25) is 0 Å². The first-order chi connectivity index (χ1) is 16.2. The molecule has 2 aromatic carbocycles. The maximum absolute atomic E-state index is 10.4. The molecule has 0 aliphatic carbocycles. The smallest absolute Gasteiger partial charge is 0.231 e. The summed E-state index contributed by atoms with van der Waals surface area (Å²) in [6.45, 7) is 3.85. The fourth-order valence-electron chi connectivity index (χ4n) is 3.91. The molecule has 1 unspecified atom stereocenters. The van der Waals surface area contributed by atoms with E-state index < -0.39 is 6.10 Å². The monoisotopic (exact) mass is 454 g/mol. The summed E-state index contributed by atoms with van der Waals surface area (Å²) in [5.74, 6) is 2.96. The van der Waals surface area contributed by atoms with Crippen LogP contribution in [-0.2, 0) is 4.74 Å². The van der Waals surface area contributed by atoms with Gasteiger partial charge in [0.05, 0.1) is 31.5 Å². The van der Waals surface area contributed by atoms with E-state index >= 15 is 0 Å². The van der Waals surface area contributed by atoms with Crippen molar-refractivity contribution in [1.82, 2.24) is 14.9 Å². The molecule has 3 heterocycles. The van der Waals surface area contributed by atoms with Gasteiger partial charge in [0.15, 0.2) is 23.0 Å². The van der Waals surface area contributed by atoms with Crippen LogP contribution in [0, 0.1) is 0 Å². The normalized spacial score (nSPS) is 16.5. The predicted octanol–water partition coefficient (Wildman–Crippen LogP) is 2.18. The molecule has 0 saturated carbocycles. The fourth-order valence-corrected chi connectivity index (χ4v) is 3.91. The van der Waals surface area contributed by atoms with Crippen molar-refractivity contribution in [2.75, 3.05) is 58.7 Å². The lowest BCUT2D eigenvalue weighted by atomic mass is 10.2. The van der Waals surface area contributed by atoms with Crippen molar-refractivity contribution in [3.63, 3.8) is 0 Å². The number of aliphatic hydroxyl groups is 1.